The average molecular weight is 399 g/mol. The highest BCUT2D eigenvalue weighted by molar-refractivity contribution is 5.87. The SMILES string of the molecule is CC(C)[C@@H](N)C(=O)OC(Cc1ccc(C(=O)O)cc1)C(=O)OCc1ccccc1. The van der Waals surface area contributed by atoms with Crippen molar-refractivity contribution in [2.75, 3.05) is 0 Å². The molecule has 0 aromatic heterocycles. The first-order valence-corrected chi connectivity index (χ1v) is 9.26. The van der Waals surface area contributed by atoms with Crippen LogP contribution in [0.4, 0.5) is 0 Å². The third-order valence-electron chi connectivity index (χ3n) is 4.36. The molecule has 0 amide bonds. The van der Waals surface area contributed by atoms with Crippen molar-refractivity contribution in [3.05, 3.63) is 71.3 Å². The number of benzene rings is 2. The average Bonchev–Trinajstić information content (AvgIpc) is 2.71. The fourth-order valence-corrected chi connectivity index (χ4v) is 2.48. The van der Waals surface area contributed by atoms with Crippen molar-refractivity contribution in [2.24, 2.45) is 11.7 Å². The van der Waals surface area contributed by atoms with E-state index < -0.39 is 30.1 Å². The molecule has 0 aliphatic heterocycles. The van der Waals surface area contributed by atoms with Gasteiger partial charge in [-0.3, -0.25) is 4.79 Å². The van der Waals surface area contributed by atoms with Gasteiger partial charge >= 0.3 is 17.9 Å². The minimum atomic E-state index is -1.19. The second-order valence-corrected chi connectivity index (χ2v) is 6.99. The van der Waals surface area contributed by atoms with Crippen molar-refractivity contribution in [3.63, 3.8) is 0 Å². The van der Waals surface area contributed by atoms with Crippen LogP contribution in [0.25, 0.3) is 0 Å². The zero-order valence-corrected chi connectivity index (χ0v) is 16.4. The molecule has 0 radical (unpaired) electrons. The minimum Gasteiger partial charge on any atom is -0.478 e. The van der Waals surface area contributed by atoms with Gasteiger partial charge in [0.1, 0.15) is 12.6 Å². The van der Waals surface area contributed by atoms with Crippen molar-refractivity contribution in [1.82, 2.24) is 0 Å². The van der Waals surface area contributed by atoms with E-state index in [2.05, 4.69) is 0 Å². The van der Waals surface area contributed by atoms with Gasteiger partial charge in [-0.1, -0.05) is 56.3 Å². The van der Waals surface area contributed by atoms with Crippen LogP contribution >= 0.6 is 0 Å². The number of aromatic carboxylic acids is 1. The summed E-state index contributed by atoms with van der Waals surface area (Å²) in [7, 11) is 0. The highest BCUT2D eigenvalue weighted by Gasteiger charge is 2.29. The molecule has 0 bridgehead atoms. The number of carboxylic acid groups (broad SMARTS) is 1. The maximum Gasteiger partial charge on any atom is 0.348 e. The Morgan fingerprint density at radius 3 is 2.10 bits per heavy atom. The van der Waals surface area contributed by atoms with E-state index in [9.17, 15) is 14.4 Å². The number of hydrogen-bond acceptors (Lipinski definition) is 6. The Morgan fingerprint density at radius 2 is 1.55 bits per heavy atom. The summed E-state index contributed by atoms with van der Waals surface area (Å²) in [5, 5.41) is 9.00. The summed E-state index contributed by atoms with van der Waals surface area (Å²) in [5.41, 5.74) is 7.38. The molecule has 0 spiro atoms. The Labute approximate surface area is 169 Å². The normalized spacial score (nSPS) is 12.8. The summed E-state index contributed by atoms with van der Waals surface area (Å²) < 4.78 is 10.7. The Bertz CT molecular complexity index is 832. The zero-order chi connectivity index (χ0) is 21.4. The molecule has 0 fully saturated rings. The van der Waals surface area contributed by atoms with Crippen molar-refractivity contribution in [1.29, 1.82) is 0 Å². The molecule has 1 unspecified atom stereocenters. The Kier molecular flexibility index (Phi) is 7.91. The third-order valence-corrected chi connectivity index (χ3v) is 4.36. The van der Waals surface area contributed by atoms with E-state index in [-0.39, 0.29) is 24.5 Å². The van der Waals surface area contributed by atoms with Gasteiger partial charge in [0.05, 0.1) is 5.56 Å². The molecule has 7 heteroatoms. The molecule has 0 aliphatic carbocycles. The van der Waals surface area contributed by atoms with E-state index in [1.807, 2.05) is 30.3 Å². The van der Waals surface area contributed by atoms with E-state index >= 15 is 0 Å². The van der Waals surface area contributed by atoms with E-state index in [0.29, 0.717) is 5.56 Å². The predicted octanol–water partition coefficient (Wildman–Crippen LogP) is 2.57. The van der Waals surface area contributed by atoms with E-state index in [4.69, 9.17) is 20.3 Å². The highest BCUT2D eigenvalue weighted by Crippen LogP contribution is 2.13. The van der Waals surface area contributed by atoms with Crippen LogP contribution in [0.2, 0.25) is 0 Å². The summed E-state index contributed by atoms with van der Waals surface area (Å²) in [4.78, 5) is 35.9. The largest absolute Gasteiger partial charge is 0.478 e. The topological polar surface area (TPSA) is 116 Å². The Balaban J connectivity index is 2.11. The first kappa shape index (κ1) is 22.1. The summed E-state index contributed by atoms with van der Waals surface area (Å²) in [6.45, 7) is 3.60. The molecular formula is C22H25NO6. The van der Waals surface area contributed by atoms with Crippen LogP contribution in [-0.4, -0.2) is 35.2 Å². The molecule has 2 atom stereocenters. The Morgan fingerprint density at radius 1 is 0.931 bits per heavy atom. The molecule has 0 heterocycles. The highest BCUT2D eigenvalue weighted by atomic mass is 16.6. The maximum atomic E-state index is 12.6. The lowest BCUT2D eigenvalue weighted by molar-refractivity contribution is -0.170. The predicted molar refractivity (Wildman–Crippen MR) is 106 cm³/mol. The molecule has 3 N–H and O–H groups in total. The van der Waals surface area contributed by atoms with Crippen molar-refractivity contribution in [3.8, 4) is 0 Å². The third kappa shape index (κ3) is 6.73. The minimum absolute atomic E-state index is 0.0436. The number of nitrogens with two attached hydrogens (primary N) is 1. The van der Waals surface area contributed by atoms with Crippen LogP contribution in [0.15, 0.2) is 54.6 Å². The number of esters is 2. The monoisotopic (exact) mass is 399 g/mol. The fourth-order valence-electron chi connectivity index (χ4n) is 2.48. The molecule has 2 aromatic rings. The number of carbonyl (C=O) groups is 3. The molecule has 2 aromatic carbocycles. The molecule has 0 aliphatic rings. The van der Waals surface area contributed by atoms with E-state index in [1.165, 1.54) is 12.1 Å². The lowest BCUT2D eigenvalue weighted by Gasteiger charge is -2.21. The van der Waals surface area contributed by atoms with Gasteiger partial charge in [0.25, 0.3) is 0 Å². The van der Waals surface area contributed by atoms with Crippen LogP contribution in [-0.2, 0) is 32.1 Å². The molecular weight excluding hydrogens is 374 g/mol. The van der Waals surface area contributed by atoms with Crippen LogP contribution < -0.4 is 5.73 Å². The molecule has 0 saturated carbocycles. The van der Waals surface area contributed by atoms with Crippen LogP contribution in [0, 0.1) is 5.92 Å². The molecule has 7 nitrogen and oxygen atoms in total. The molecule has 0 saturated heterocycles. The van der Waals surface area contributed by atoms with Gasteiger partial charge in [-0.25, -0.2) is 9.59 Å². The molecule has 29 heavy (non-hydrogen) atoms. The van der Waals surface area contributed by atoms with E-state index in [1.54, 1.807) is 26.0 Å². The number of rotatable bonds is 9. The van der Waals surface area contributed by atoms with Crippen molar-refractivity contribution in [2.45, 2.75) is 39.0 Å². The van der Waals surface area contributed by atoms with Crippen LogP contribution in [0.5, 0.6) is 0 Å². The molecule has 154 valence electrons. The molecule has 2 rings (SSSR count). The fraction of sp³-hybridized carbons (Fsp3) is 0.318. The number of carbonyl (C=O) groups excluding carboxylic acids is 2. The van der Waals surface area contributed by atoms with Gasteiger partial charge in [-0.15, -0.1) is 0 Å². The first-order valence-electron chi connectivity index (χ1n) is 9.26. The number of carboxylic acids is 1. The van der Waals surface area contributed by atoms with Crippen LogP contribution in [0.3, 0.4) is 0 Å². The first-order chi connectivity index (χ1) is 13.8. The lowest BCUT2D eigenvalue weighted by Crippen LogP contribution is -2.41. The Hall–Kier alpha value is -3.19. The quantitative estimate of drug-likeness (QED) is 0.623. The summed E-state index contributed by atoms with van der Waals surface area (Å²) in [5.74, 6) is -2.59. The van der Waals surface area contributed by atoms with Gasteiger partial charge in [0.15, 0.2) is 0 Å². The van der Waals surface area contributed by atoms with Crippen molar-refractivity contribution >= 4 is 17.9 Å². The summed E-state index contributed by atoms with van der Waals surface area (Å²) in [6, 6.07) is 14.2. The van der Waals surface area contributed by atoms with Gasteiger partial charge in [0, 0.05) is 6.42 Å². The zero-order valence-electron chi connectivity index (χ0n) is 16.4. The summed E-state index contributed by atoms with van der Waals surface area (Å²) in [6.07, 6.45) is -1.14. The van der Waals surface area contributed by atoms with Crippen molar-refractivity contribution < 1.29 is 29.0 Å². The second kappa shape index (κ2) is 10.4. The second-order valence-electron chi connectivity index (χ2n) is 6.99. The van der Waals surface area contributed by atoms with Gasteiger partial charge < -0.3 is 20.3 Å². The number of ether oxygens (including phenoxy) is 2. The van der Waals surface area contributed by atoms with Gasteiger partial charge in [0.2, 0.25) is 6.10 Å². The summed E-state index contributed by atoms with van der Waals surface area (Å²) >= 11 is 0. The van der Waals surface area contributed by atoms with Gasteiger partial charge in [-0.05, 0) is 29.2 Å². The lowest BCUT2D eigenvalue weighted by atomic mass is 10.0. The smallest absolute Gasteiger partial charge is 0.348 e. The van der Waals surface area contributed by atoms with Crippen LogP contribution in [0.1, 0.15) is 35.3 Å². The standard InChI is InChI=1S/C22H25NO6/c1-14(2)19(23)22(27)29-18(12-15-8-10-17(11-9-15)20(24)25)21(26)28-13-16-6-4-3-5-7-16/h3-11,14,18-19H,12-13,23H2,1-2H3,(H,24,25)/t18?,19-/m1/s1. The number of hydrogen-bond donors (Lipinski definition) is 2. The maximum absolute atomic E-state index is 12.6. The van der Waals surface area contributed by atoms with E-state index in [0.717, 1.165) is 5.56 Å². The van der Waals surface area contributed by atoms with Gasteiger partial charge in [-0.2, -0.15) is 0 Å².